The molecule has 2 aliphatic rings. The zero-order valence-corrected chi connectivity index (χ0v) is 20.3. The highest BCUT2D eigenvalue weighted by Gasteiger charge is 2.20. The van der Waals surface area contributed by atoms with Gasteiger partial charge in [-0.15, -0.1) is 0 Å². The van der Waals surface area contributed by atoms with Crippen molar-refractivity contribution in [2.75, 3.05) is 41.4 Å². The van der Waals surface area contributed by atoms with E-state index in [4.69, 9.17) is 21.0 Å². The van der Waals surface area contributed by atoms with E-state index in [9.17, 15) is 0 Å². The Morgan fingerprint density at radius 2 is 1.53 bits per heavy atom. The number of halogens is 1. The number of nitrogens with zero attached hydrogens (tertiary/aromatic N) is 6. The van der Waals surface area contributed by atoms with Crippen molar-refractivity contribution in [1.82, 2.24) is 15.0 Å². The highest BCUT2D eigenvalue weighted by atomic mass is 35.5. The van der Waals surface area contributed by atoms with Gasteiger partial charge in [-0.1, -0.05) is 23.7 Å². The molecular formula is C25H30ClN7O. The number of aromatic nitrogens is 3. The Kier molecular flexibility index (Phi) is 6.94. The van der Waals surface area contributed by atoms with E-state index < -0.39 is 0 Å². The van der Waals surface area contributed by atoms with Gasteiger partial charge >= 0.3 is 0 Å². The second-order valence-corrected chi connectivity index (χ2v) is 9.30. The van der Waals surface area contributed by atoms with Gasteiger partial charge in [0.1, 0.15) is 11.5 Å². The normalized spacial score (nSPS) is 16.9. The third-order valence-corrected chi connectivity index (χ3v) is 6.74. The van der Waals surface area contributed by atoms with Crippen LogP contribution in [0.5, 0.6) is 0 Å². The van der Waals surface area contributed by atoms with Crippen LogP contribution in [0.1, 0.15) is 49.8 Å². The van der Waals surface area contributed by atoms with Crippen LogP contribution in [0.4, 0.5) is 17.8 Å². The van der Waals surface area contributed by atoms with Gasteiger partial charge in [0.15, 0.2) is 0 Å². The van der Waals surface area contributed by atoms with E-state index in [1.807, 2.05) is 37.3 Å². The molecule has 2 aromatic heterocycles. The number of anilines is 3. The molecule has 0 saturated carbocycles. The number of aryl methyl sites for hydroxylation is 1. The van der Waals surface area contributed by atoms with Gasteiger partial charge in [-0.05, 0) is 69.2 Å². The number of rotatable bonds is 6. The first-order valence-corrected chi connectivity index (χ1v) is 12.4. The molecule has 3 aromatic rings. The molecule has 1 N–H and O–H groups in total. The summed E-state index contributed by atoms with van der Waals surface area (Å²) in [5, 5.41) is 5.06. The Morgan fingerprint density at radius 1 is 0.882 bits per heavy atom. The lowest BCUT2D eigenvalue weighted by atomic mass is 10.1. The summed E-state index contributed by atoms with van der Waals surface area (Å²) in [4.78, 5) is 18.6. The van der Waals surface area contributed by atoms with Gasteiger partial charge in [-0.2, -0.15) is 20.1 Å². The first-order chi connectivity index (χ1) is 16.7. The van der Waals surface area contributed by atoms with E-state index >= 15 is 0 Å². The molecule has 0 bridgehead atoms. The number of hydrazone groups is 1. The molecule has 0 unspecified atom stereocenters. The number of benzene rings is 1. The molecule has 1 aromatic carbocycles. The predicted molar refractivity (Wildman–Crippen MR) is 137 cm³/mol. The van der Waals surface area contributed by atoms with E-state index in [2.05, 4.69) is 30.3 Å². The monoisotopic (exact) mass is 479 g/mol. The van der Waals surface area contributed by atoms with Crippen molar-refractivity contribution >= 4 is 35.7 Å². The Balaban J connectivity index is 1.33. The molecule has 4 heterocycles. The standard InChI is InChI=1S/C25H30ClN7O/c1-18-8-9-19(16-21(18)26)22-11-10-20(34-22)17-27-31-23-28-24(32-12-4-2-5-13-32)30-25(29-23)33-14-6-3-7-15-33/h8-11,16-17H,2-7,12-15H2,1H3,(H,28,29,30,31)/b27-17+. The Morgan fingerprint density at radius 3 is 2.15 bits per heavy atom. The zero-order valence-electron chi connectivity index (χ0n) is 19.5. The quantitative estimate of drug-likeness (QED) is 0.368. The second kappa shape index (κ2) is 10.4. The van der Waals surface area contributed by atoms with Crippen molar-refractivity contribution in [2.45, 2.75) is 45.4 Å². The fraction of sp³-hybridized carbons (Fsp3) is 0.440. The molecule has 2 saturated heterocycles. The summed E-state index contributed by atoms with van der Waals surface area (Å²) < 4.78 is 5.92. The maximum absolute atomic E-state index is 6.26. The third kappa shape index (κ3) is 5.33. The minimum atomic E-state index is 0.449. The minimum absolute atomic E-state index is 0.449. The van der Waals surface area contributed by atoms with Gasteiger partial charge in [0.25, 0.3) is 0 Å². The lowest BCUT2D eigenvalue weighted by Crippen LogP contribution is -2.34. The largest absolute Gasteiger partial charge is 0.455 e. The van der Waals surface area contributed by atoms with Gasteiger partial charge in [0.2, 0.25) is 17.8 Å². The fourth-order valence-corrected chi connectivity index (χ4v) is 4.53. The van der Waals surface area contributed by atoms with E-state index in [-0.39, 0.29) is 0 Å². The molecule has 0 spiro atoms. The molecule has 8 nitrogen and oxygen atoms in total. The van der Waals surface area contributed by atoms with Crippen LogP contribution in [0, 0.1) is 6.92 Å². The molecular weight excluding hydrogens is 450 g/mol. The van der Waals surface area contributed by atoms with Crippen molar-refractivity contribution in [3.63, 3.8) is 0 Å². The summed E-state index contributed by atoms with van der Waals surface area (Å²) >= 11 is 6.26. The lowest BCUT2D eigenvalue weighted by Gasteiger charge is -2.30. The van der Waals surface area contributed by atoms with Gasteiger partial charge < -0.3 is 14.2 Å². The fourth-order valence-electron chi connectivity index (χ4n) is 4.35. The van der Waals surface area contributed by atoms with Crippen molar-refractivity contribution < 1.29 is 4.42 Å². The number of furan rings is 1. The molecule has 0 atom stereocenters. The van der Waals surface area contributed by atoms with Crippen LogP contribution in [-0.2, 0) is 0 Å². The summed E-state index contributed by atoms with van der Waals surface area (Å²) in [5.74, 6) is 3.27. The number of nitrogens with one attached hydrogen (secondary N) is 1. The van der Waals surface area contributed by atoms with Crippen LogP contribution in [0.25, 0.3) is 11.3 Å². The zero-order chi connectivity index (χ0) is 23.3. The molecule has 5 rings (SSSR count). The summed E-state index contributed by atoms with van der Waals surface area (Å²) in [6.07, 6.45) is 8.81. The molecule has 34 heavy (non-hydrogen) atoms. The summed E-state index contributed by atoms with van der Waals surface area (Å²) in [6.45, 7) is 5.88. The predicted octanol–water partition coefficient (Wildman–Crippen LogP) is 5.52. The second-order valence-electron chi connectivity index (χ2n) is 8.89. The molecule has 2 aliphatic heterocycles. The van der Waals surface area contributed by atoms with Crippen molar-refractivity contribution in [1.29, 1.82) is 0 Å². The first kappa shape index (κ1) is 22.7. The van der Waals surface area contributed by atoms with Crippen molar-refractivity contribution in [3.05, 3.63) is 46.7 Å². The molecule has 0 amide bonds. The summed E-state index contributed by atoms with van der Waals surface area (Å²) in [6, 6.07) is 9.67. The summed E-state index contributed by atoms with van der Waals surface area (Å²) in [5.41, 5.74) is 4.95. The highest BCUT2D eigenvalue weighted by Crippen LogP contribution is 2.27. The van der Waals surface area contributed by atoms with E-state index in [0.29, 0.717) is 11.7 Å². The van der Waals surface area contributed by atoms with Crippen molar-refractivity contribution in [3.8, 4) is 11.3 Å². The number of piperidine rings is 2. The maximum Gasteiger partial charge on any atom is 0.250 e. The highest BCUT2D eigenvalue weighted by molar-refractivity contribution is 6.31. The molecule has 0 radical (unpaired) electrons. The first-order valence-electron chi connectivity index (χ1n) is 12.1. The molecule has 178 valence electrons. The molecule has 9 heteroatoms. The summed E-state index contributed by atoms with van der Waals surface area (Å²) in [7, 11) is 0. The topological polar surface area (TPSA) is 82.7 Å². The van der Waals surface area contributed by atoms with Gasteiger partial charge in [-0.25, -0.2) is 5.43 Å². The lowest BCUT2D eigenvalue weighted by molar-refractivity contribution is 0.556. The Bertz CT molecular complexity index is 1110. The van der Waals surface area contributed by atoms with Gasteiger partial charge in [-0.3, -0.25) is 0 Å². The molecule has 0 aliphatic carbocycles. The van der Waals surface area contributed by atoms with Crippen LogP contribution >= 0.6 is 11.6 Å². The van der Waals surface area contributed by atoms with E-state index in [1.54, 1.807) is 6.21 Å². The average Bonchev–Trinajstić information content (AvgIpc) is 3.35. The Labute approximate surface area is 205 Å². The smallest absolute Gasteiger partial charge is 0.250 e. The third-order valence-electron chi connectivity index (χ3n) is 6.33. The Hall–Kier alpha value is -3.13. The number of hydrogen-bond donors (Lipinski definition) is 1. The van der Waals surface area contributed by atoms with Crippen LogP contribution in [0.15, 0.2) is 39.9 Å². The van der Waals surface area contributed by atoms with Crippen molar-refractivity contribution in [2.24, 2.45) is 5.10 Å². The average molecular weight is 480 g/mol. The van der Waals surface area contributed by atoms with E-state index in [1.165, 1.54) is 38.5 Å². The number of hydrogen-bond acceptors (Lipinski definition) is 8. The SMILES string of the molecule is Cc1ccc(-c2ccc(/C=N/Nc3nc(N4CCCCC4)nc(N4CCCCC4)n3)o2)cc1Cl. The van der Waals surface area contributed by atoms with Gasteiger partial charge in [0.05, 0.1) is 6.21 Å². The molecule has 2 fully saturated rings. The van der Waals surface area contributed by atoms with E-state index in [0.717, 1.165) is 60.0 Å². The maximum atomic E-state index is 6.26. The van der Waals surface area contributed by atoms with Crippen LogP contribution in [0.2, 0.25) is 5.02 Å². The van der Waals surface area contributed by atoms with Crippen LogP contribution in [-0.4, -0.2) is 47.3 Å². The van der Waals surface area contributed by atoms with Crippen LogP contribution < -0.4 is 15.2 Å². The van der Waals surface area contributed by atoms with Gasteiger partial charge in [0, 0.05) is 36.8 Å². The minimum Gasteiger partial charge on any atom is -0.455 e. The van der Waals surface area contributed by atoms with Crippen LogP contribution in [0.3, 0.4) is 0 Å².